The highest BCUT2D eigenvalue weighted by Gasteiger charge is 2.60. The van der Waals surface area contributed by atoms with Gasteiger partial charge in [0.05, 0.1) is 6.54 Å². The number of fused-ring (bicyclic) bond motifs is 2. The molecule has 0 bridgehead atoms. The van der Waals surface area contributed by atoms with Crippen LogP contribution in [0.2, 0.25) is 0 Å². The number of carbonyl (C=O) groups excluding carboxylic acids is 1. The molecule has 1 fully saturated rings. The first-order chi connectivity index (χ1) is 10.6. The molecule has 2 aromatic rings. The van der Waals surface area contributed by atoms with Gasteiger partial charge in [0.15, 0.2) is 0 Å². The van der Waals surface area contributed by atoms with Crippen molar-refractivity contribution in [2.45, 2.75) is 17.9 Å². The number of phenolic OH excluding ortho intramolecular Hbond substituents is 1. The molecule has 1 spiro atoms. The van der Waals surface area contributed by atoms with Gasteiger partial charge in [0.25, 0.3) is 0 Å². The average Bonchev–Trinajstić information content (AvgIpc) is 3.07. The van der Waals surface area contributed by atoms with E-state index in [0.717, 1.165) is 29.8 Å². The van der Waals surface area contributed by atoms with E-state index in [2.05, 4.69) is 11.4 Å². The molecule has 112 valence electrons. The summed E-state index contributed by atoms with van der Waals surface area (Å²) in [7, 11) is 1.86. The van der Waals surface area contributed by atoms with Gasteiger partial charge in [-0.1, -0.05) is 18.2 Å². The Bertz CT molecular complexity index is 741. The maximum absolute atomic E-state index is 13.1. The first kappa shape index (κ1) is 13.3. The standard InChI is InChI=1S/C18H18N2O2/c1-20-15-5-3-2-4-14(15)18(17(20)22)10-11-19-16(18)12-6-8-13(21)9-7-12/h2-9,16,19,21H,10-11H2,1H3/p+1/t16-,18-/m1/s1. The molecule has 1 saturated heterocycles. The van der Waals surface area contributed by atoms with Gasteiger partial charge in [-0.2, -0.15) is 0 Å². The second-order valence-electron chi connectivity index (χ2n) is 6.20. The lowest BCUT2D eigenvalue weighted by Crippen LogP contribution is -2.83. The fraction of sp³-hybridized carbons (Fsp3) is 0.278. The summed E-state index contributed by atoms with van der Waals surface area (Å²) in [6.45, 7) is 0.930. The number of nitrogens with zero attached hydrogens (tertiary/aromatic N) is 1. The van der Waals surface area contributed by atoms with Gasteiger partial charge in [0, 0.05) is 24.7 Å². The third-order valence-corrected chi connectivity index (χ3v) is 5.16. The molecule has 4 rings (SSSR count). The summed E-state index contributed by atoms with van der Waals surface area (Å²) in [5, 5.41) is 11.8. The summed E-state index contributed by atoms with van der Waals surface area (Å²) in [6.07, 6.45) is 0.846. The summed E-state index contributed by atoms with van der Waals surface area (Å²) in [5.41, 5.74) is 2.76. The molecule has 0 saturated carbocycles. The van der Waals surface area contributed by atoms with E-state index >= 15 is 0 Å². The van der Waals surface area contributed by atoms with Crippen molar-refractivity contribution in [1.29, 1.82) is 0 Å². The first-order valence-corrected chi connectivity index (χ1v) is 7.64. The number of quaternary nitrogens is 1. The predicted molar refractivity (Wildman–Crippen MR) is 83.8 cm³/mol. The second-order valence-corrected chi connectivity index (χ2v) is 6.20. The highest BCUT2D eigenvalue weighted by molar-refractivity contribution is 6.08. The third kappa shape index (κ3) is 1.58. The number of aromatic hydroxyl groups is 1. The Hall–Kier alpha value is -2.33. The molecule has 0 aromatic heterocycles. The van der Waals surface area contributed by atoms with Crippen LogP contribution in [0, 0.1) is 0 Å². The molecule has 0 unspecified atom stereocenters. The van der Waals surface area contributed by atoms with Crippen LogP contribution in [0.3, 0.4) is 0 Å². The normalized spacial score (nSPS) is 26.7. The van der Waals surface area contributed by atoms with Gasteiger partial charge in [-0.25, -0.2) is 0 Å². The minimum atomic E-state index is -0.484. The Morgan fingerprint density at radius 2 is 1.91 bits per heavy atom. The second kappa shape index (κ2) is 4.58. The highest BCUT2D eigenvalue weighted by Crippen LogP contribution is 2.50. The number of anilines is 1. The van der Waals surface area contributed by atoms with Crippen molar-refractivity contribution in [3.8, 4) is 5.75 Å². The van der Waals surface area contributed by atoms with Gasteiger partial charge >= 0.3 is 0 Å². The van der Waals surface area contributed by atoms with Crippen LogP contribution in [0.25, 0.3) is 0 Å². The van der Waals surface area contributed by atoms with E-state index in [4.69, 9.17) is 0 Å². The predicted octanol–water partition coefficient (Wildman–Crippen LogP) is 1.31. The third-order valence-electron chi connectivity index (χ3n) is 5.16. The molecule has 3 N–H and O–H groups in total. The molecule has 2 aliphatic heterocycles. The number of phenols is 1. The average molecular weight is 295 g/mol. The summed E-state index contributed by atoms with van der Waals surface area (Å²) in [4.78, 5) is 14.9. The SMILES string of the molecule is CN1C(=O)[C@]2(CC[NH2+][C@@H]2c2ccc(O)cc2)c2ccccc21. The molecule has 2 atom stereocenters. The van der Waals surface area contributed by atoms with E-state index < -0.39 is 5.41 Å². The highest BCUT2D eigenvalue weighted by atomic mass is 16.3. The van der Waals surface area contributed by atoms with Crippen LogP contribution in [0.5, 0.6) is 5.75 Å². The summed E-state index contributed by atoms with van der Waals surface area (Å²) in [5.74, 6) is 0.437. The Morgan fingerprint density at radius 1 is 1.18 bits per heavy atom. The van der Waals surface area contributed by atoms with Crippen molar-refractivity contribution in [3.63, 3.8) is 0 Å². The van der Waals surface area contributed by atoms with Gasteiger partial charge in [-0.05, 0) is 35.9 Å². The number of carbonyl (C=O) groups is 1. The summed E-state index contributed by atoms with van der Waals surface area (Å²) in [6, 6.07) is 15.4. The zero-order chi connectivity index (χ0) is 15.3. The van der Waals surface area contributed by atoms with Crippen LogP contribution in [-0.2, 0) is 10.2 Å². The minimum Gasteiger partial charge on any atom is -0.508 e. The number of nitrogens with two attached hydrogens (primary N) is 1. The lowest BCUT2D eigenvalue weighted by Gasteiger charge is -2.27. The van der Waals surface area contributed by atoms with E-state index in [-0.39, 0.29) is 17.7 Å². The lowest BCUT2D eigenvalue weighted by molar-refractivity contribution is -0.679. The van der Waals surface area contributed by atoms with Gasteiger partial charge in [-0.3, -0.25) is 4.79 Å². The molecule has 2 aromatic carbocycles. The topological polar surface area (TPSA) is 57.2 Å². The Morgan fingerprint density at radius 3 is 2.68 bits per heavy atom. The van der Waals surface area contributed by atoms with E-state index in [1.165, 1.54) is 0 Å². The molecular formula is C18H19N2O2+. The maximum atomic E-state index is 13.1. The number of amides is 1. The molecule has 22 heavy (non-hydrogen) atoms. The van der Waals surface area contributed by atoms with Crippen molar-refractivity contribution >= 4 is 11.6 Å². The van der Waals surface area contributed by atoms with E-state index in [1.807, 2.05) is 37.4 Å². The number of hydrogen-bond acceptors (Lipinski definition) is 2. The van der Waals surface area contributed by atoms with Crippen molar-refractivity contribution in [2.75, 3.05) is 18.5 Å². The first-order valence-electron chi connectivity index (χ1n) is 7.64. The molecular weight excluding hydrogens is 276 g/mol. The number of benzene rings is 2. The summed E-state index contributed by atoms with van der Waals surface area (Å²) < 4.78 is 0. The van der Waals surface area contributed by atoms with Gasteiger partial charge in [-0.15, -0.1) is 0 Å². The largest absolute Gasteiger partial charge is 0.508 e. The molecule has 2 heterocycles. The van der Waals surface area contributed by atoms with Gasteiger partial charge < -0.3 is 15.3 Å². The number of para-hydroxylation sites is 1. The van der Waals surface area contributed by atoms with Crippen LogP contribution >= 0.6 is 0 Å². The van der Waals surface area contributed by atoms with E-state index in [0.29, 0.717) is 0 Å². The maximum Gasteiger partial charge on any atom is 0.244 e. The van der Waals surface area contributed by atoms with Crippen molar-refractivity contribution in [1.82, 2.24) is 0 Å². The minimum absolute atomic E-state index is 0.0618. The van der Waals surface area contributed by atoms with Gasteiger partial charge in [0.2, 0.25) is 5.91 Å². The van der Waals surface area contributed by atoms with Crippen LogP contribution in [-0.4, -0.2) is 24.6 Å². The zero-order valence-electron chi connectivity index (χ0n) is 12.5. The molecule has 1 amide bonds. The van der Waals surface area contributed by atoms with Crippen LogP contribution in [0.1, 0.15) is 23.6 Å². The lowest BCUT2D eigenvalue weighted by atomic mass is 9.73. The van der Waals surface area contributed by atoms with Crippen molar-refractivity contribution < 1.29 is 15.2 Å². The number of hydrogen-bond donors (Lipinski definition) is 2. The Balaban J connectivity index is 1.89. The molecule has 2 aliphatic rings. The fourth-order valence-electron chi connectivity index (χ4n) is 4.15. The quantitative estimate of drug-likeness (QED) is 0.833. The molecule has 4 nitrogen and oxygen atoms in total. The summed E-state index contributed by atoms with van der Waals surface area (Å²) >= 11 is 0. The van der Waals surface area contributed by atoms with Crippen molar-refractivity contribution in [3.05, 3.63) is 59.7 Å². The Kier molecular flexibility index (Phi) is 2.78. The van der Waals surface area contributed by atoms with Crippen LogP contribution in [0.4, 0.5) is 5.69 Å². The van der Waals surface area contributed by atoms with E-state index in [9.17, 15) is 9.90 Å². The fourth-order valence-corrected chi connectivity index (χ4v) is 4.15. The van der Waals surface area contributed by atoms with Crippen molar-refractivity contribution in [2.24, 2.45) is 0 Å². The monoisotopic (exact) mass is 295 g/mol. The zero-order valence-corrected chi connectivity index (χ0v) is 12.5. The smallest absolute Gasteiger partial charge is 0.244 e. The van der Waals surface area contributed by atoms with E-state index in [1.54, 1.807) is 17.0 Å². The molecule has 0 aliphatic carbocycles. The number of rotatable bonds is 1. The number of likely N-dealkylation sites (N-methyl/N-ethyl adjacent to an activating group) is 1. The van der Waals surface area contributed by atoms with Gasteiger partial charge in [0.1, 0.15) is 17.2 Å². The van der Waals surface area contributed by atoms with Crippen LogP contribution in [0.15, 0.2) is 48.5 Å². The molecule has 4 heteroatoms. The van der Waals surface area contributed by atoms with Crippen LogP contribution < -0.4 is 10.2 Å². The molecule has 0 radical (unpaired) electrons. The Labute approximate surface area is 129 Å².